The molecule has 1 unspecified atom stereocenters. The molecule has 5 heteroatoms. The zero-order chi connectivity index (χ0) is 9.14. The van der Waals surface area contributed by atoms with E-state index in [4.69, 9.17) is 11.5 Å². The first-order chi connectivity index (χ1) is 5.69. The van der Waals surface area contributed by atoms with E-state index < -0.39 is 0 Å². The molecule has 4 N–H and O–H groups in total. The van der Waals surface area contributed by atoms with E-state index in [0.717, 1.165) is 0 Å². The topological polar surface area (TPSA) is 84.7 Å². The Morgan fingerprint density at radius 2 is 2.50 bits per heavy atom. The van der Waals surface area contributed by atoms with E-state index >= 15 is 0 Å². The summed E-state index contributed by atoms with van der Waals surface area (Å²) in [5, 5.41) is 0. The number of nitrogens with two attached hydrogens (primary N) is 2. The molecular formula is C7H12N4O. The second-order valence-corrected chi connectivity index (χ2v) is 2.56. The molecule has 1 heterocycles. The summed E-state index contributed by atoms with van der Waals surface area (Å²) in [6, 6.07) is 0. The first-order valence-corrected chi connectivity index (χ1v) is 3.66. The van der Waals surface area contributed by atoms with Gasteiger partial charge in [0.25, 0.3) is 0 Å². The Bertz CT molecular complexity index is 246. The standard InChI is InChI=1S/C7H12N4O/c1-5-10-7(9)6(2-8)3-11(5)4-12/h3-5H,2,8H2,1H3,(H2,9,10). The highest BCUT2D eigenvalue weighted by atomic mass is 16.1. The lowest BCUT2D eigenvalue weighted by Gasteiger charge is -2.24. The van der Waals surface area contributed by atoms with Crippen LogP contribution in [0.3, 0.4) is 0 Å². The number of hydrogen-bond acceptors (Lipinski definition) is 4. The number of amidine groups is 1. The molecule has 1 rings (SSSR count). The van der Waals surface area contributed by atoms with Gasteiger partial charge in [-0.3, -0.25) is 9.69 Å². The Hall–Kier alpha value is -1.36. The maximum atomic E-state index is 10.5. The Labute approximate surface area is 70.7 Å². The van der Waals surface area contributed by atoms with Crippen LogP contribution >= 0.6 is 0 Å². The molecule has 12 heavy (non-hydrogen) atoms. The van der Waals surface area contributed by atoms with Gasteiger partial charge >= 0.3 is 0 Å². The summed E-state index contributed by atoms with van der Waals surface area (Å²) in [6.07, 6.45) is 2.11. The highest BCUT2D eigenvalue weighted by Crippen LogP contribution is 2.09. The number of nitrogens with zero attached hydrogens (tertiary/aromatic N) is 2. The SMILES string of the molecule is CC1N=C(N)C(CN)=CN1C=O. The van der Waals surface area contributed by atoms with E-state index in [-0.39, 0.29) is 6.17 Å². The Morgan fingerprint density at radius 3 is 3.00 bits per heavy atom. The van der Waals surface area contributed by atoms with Crippen LogP contribution < -0.4 is 11.5 Å². The van der Waals surface area contributed by atoms with Gasteiger partial charge in [0.05, 0.1) is 0 Å². The van der Waals surface area contributed by atoms with Gasteiger partial charge in [0, 0.05) is 18.3 Å². The Balaban J connectivity index is 2.88. The van der Waals surface area contributed by atoms with Crippen molar-refractivity contribution in [3.8, 4) is 0 Å². The molecular weight excluding hydrogens is 156 g/mol. The van der Waals surface area contributed by atoms with E-state index in [1.165, 1.54) is 4.90 Å². The zero-order valence-electron chi connectivity index (χ0n) is 6.90. The average Bonchev–Trinajstić information content (AvgIpc) is 2.05. The summed E-state index contributed by atoms with van der Waals surface area (Å²) in [5.74, 6) is 0.420. The maximum absolute atomic E-state index is 10.5. The largest absolute Gasteiger partial charge is 0.384 e. The van der Waals surface area contributed by atoms with Gasteiger partial charge in [-0.25, -0.2) is 4.99 Å². The van der Waals surface area contributed by atoms with Crippen LogP contribution in [0.4, 0.5) is 0 Å². The number of carbonyl (C=O) groups excluding carboxylic acids is 1. The lowest BCUT2D eigenvalue weighted by atomic mass is 10.2. The van der Waals surface area contributed by atoms with Crippen LogP contribution in [0.2, 0.25) is 0 Å². The van der Waals surface area contributed by atoms with Crippen molar-refractivity contribution in [3.63, 3.8) is 0 Å². The molecule has 0 radical (unpaired) electrons. The molecule has 0 aromatic rings. The van der Waals surface area contributed by atoms with Crippen LogP contribution in [-0.4, -0.2) is 29.9 Å². The summed E-state index contributed by atoms with van der Waals surface area (Å²) in [7, 11) is 0. The fraction of sp³-hybridized carbons (Fsp3) is 0.429. The van der Waals surface area contributed by atoms with E-state index in [1.807, 2.05) is 0 Å². The minimum Gasteiger partial charge on any atom is -0.384 e. The molecule has 0 aliphatic carbocycles. The first-order valence-electron chi connectivity index (χ1n) is 3.66. The number of amides is 1. The quantitative estimate of drug-likeness (QED) is 0.519. The molecule has 0 saturated carbocycles. The zero-order valence-corrected chi connectivity index (χ0v) is 6.90. The monoisotopic (exact) mass is 168 g/mol. The van der Waals surface area contributed by atoms with Crippen molar-refractivity contribution in [2.24, 2.45) is 16.5 Å². The van der Waals surface area contributed by atoms with E-state index in [1.54, 1.807) is 13.1 Å². The molecule has 66 valence electrons. The number of aliphatic imine (C=N–C) groups is 1. The lowest BCUT2D eigenvalue weighted by molar-refractivity contribution is -0.117. The predicted octanol–water partition coefficient (Wildman–Crippen LogP) is -0.996. The smallest absolute Gasteiger partial charge is 0.215 e. The summed E-state index contributed by atoms with van der Waals surface area (Å²) in [6.45, 7) is 2.08. The van der Waals surface area contributed by atoms with Crippen molar-refractivity contribution < 1.29 is 4.79 Å². The molecule has 0 fully saturated rings. The van der Waals surface area contributed by atoms with Gasteiger partial charge < -0.3 is 11.5 Å². The molecule has 0 aromatic carbocycles. The van der Waals surface area contributed by atoms with Crippen LogP contribution in [0.5, 0.6) is 0 Å². The number of hydrogen-bond donors (Lipinski definition) is 2. The van der Waals surface area contributed by atoms with Crippen LogP contribution in [0, 0.1) is 0 Å². The van der Waals surface area contributed by atoms with Crippen LogP contribution in [0.25, 0.3) is 0 Å². The molecule has 0 spiro atoms. The van der Waals surface area contributed by atoms with Gasteiger partial charge in [0.2, 0.25) is 6.41 Å². The van der Waals surface area contributed by atoms with E-state index in [9.17, 15) is 4.79 Å². The molecule has 5 nitrogen and oxygen atoms in total. The lowest BCUT2D eigenvalue weighted by Crippen LogP contribution is -2.36. The minimum absolute atomic E-state index is 0.224. The second kappa shape index (κ2) is 3.36. The first kappa shape index (κ1) is 8.73. The molecule has 1 atom stereocenters. The highest BCUT2D eigenvalue weighted by molar-refractivity contribution is 5.98. The summed E-state index contributed by atoms with van der Waals surface area (Å²) in [4.78, 5) is 15.9. The van der Waals surface area contributed by atoms with Gasteiger partial charge in [0.1, 0.15) is 12.0 Å². The van der Waals surface area contributed by atoms with Gasteiger partial charge in [0.15, 0.2) is 0 Å². The summed E-state index contributed by atoms with van der Waals surface area (Å²) >= 11 is 0. The molecule has 0 bridgehead atoms. The van der Waals surface area contributed by atoms with Crippen molar-refractivity contribution in [2.75, 3.05) is 6.54 Å². The predicted molar refractivity (Wildman–Crippen MR) is 46.1 cm³/mol. The third-order valence-electron chi connectivity index (χ3n) is 1.73. The van der Waals surface area contributed by atoms with Crippen molar-refractivity contribution >= 4 is 12.2 Å². The van der Waals surface area contributed by atoms with E-state index in [0.29, 0.717) is 24.4 Å². The fourth-order valence-corrected chi connectivity index (χ4v) is 0.981. The molecule has 1 amide bonds. The third kappa shape index (κ3) is 1.45. The van der Waals surface area contributed by atoms with Crippen molar-refractivity contribution in [1.29, 1.82) is 0 Å². The minimum atomic E-state index is -0.224. The Morgan fingerprint density at radius 1 is 1.83 bits per heavy atom. The Kier molecular flexibility index (Phi) is 2.44. The third-order valence-corrected chi connectivity index (χ3v) is 1.73. The fourth-order valence-electron chi connectivity index (χ4n) is 0.981. The maximum Gasteiger partial charge on any atom is 0.215 e. The van der Waals surface area contributed by atoms with Crippen LogP contribution in [0.1, 0.15) is 6.92 Å². The summed E-state index contributed by atoms with van der Waals surface area (Å²) < 4.78 is 0. The van der Waals surface area contributed by atoms with Crippen molar-refractivity contribution in [3.05, 3.63) is 11.8 Å². The van der Waals surface area contributed by atoms with Crippen molar-refractivity contribution in [2.45, 2.75) is 13.1 Å². The molecule has 1 aliphatic heterocycles. The second-order valence-electron chi connectivity index (χ2n) is 2.56. The van der Waals surface area contributed by atoms with Gasteiger partial charge in [-0.05, 0) is 6.92 Å². The highest BCUT2D eigenvalue weighted by Gasteiger charge is 2.16. The summed E-state index contributed by atoms with van der Waals surface area (Å²) in [5.41, 5.74) is 11.6. The van der Waals surface area contributed by atoms with E-state index in [2.05, 4.69) is 4.99 Å². The number of rotatable bonds is 2. The van der Waals surface area contributed by atoms with Gasteiger partial charge in [-0.2, -0.15) is 0 Å². The molecule has 0 saturated heterocycles. The van der Waals surface area contributed by atoms with Crippen molar-refractivity contribution in [1.82, 2.24) is 4.90 Å². The van der Waals surface area contributed by atoms with Crippen LogP contribution in [0.15, 0.2) is 16.8 Å². The van der Waals surface area contributed by atoms with Gasteiger partial charge in [-0.15, -0.1) is 0 Å². The molecule has 1 aliphatic rings. The van der Waals surface area contributed by atoms with Crippen LogP contribution in [-0.2, 0) is 4.79 Å². The number of carbonyl (C=O) groups is 1. The normalized spacial score (nSPS) is 23.2. The average molecular weight is 168 g/mol. The van der Waals surface area contributed by atoms with Gasteiger partial charge in [-0.1, -0.05) is 0 Å². The molecule has 0 aromatic heterocycles.